The average Bonchev–Trinajstić information content (AvgIpc) is 2.35. The van der Waals surface area contributed by atoms with Gasteiger partial charge in [-0.2, -0.15) is 0 Å². The summed E-state index contributed by atoms with van der Waals surface area (Å²) < 4.78 is 0. The molecule has 0 aliphatic heterocycles. The number of halogens is 1. The van der Waals surface area contributed by atoms with E-state index in [2.05, 4.69) is 5.32 Å². The lowest BCUT2D eigenvalue weighted by Crippen LogP contribution is -2.43. The molecule has 1 atom stereocenters. The topological polar surface area (TPSA) is 49.4 Å². The lowest BCUT2D eigenvalue weighted by atomic mass is 10.0. The lowest BCUT2D eigenvalue weighted by Gasteiger charge is -2.17. The van der Waals surface area contributed by atoms with E-state index in [1.807, 2.05) is 12.1 Å². The minimum atomic E-state index is -0.356. The molecular weight excluding hydrogens is 264 g/mol. The molecule has 0 radical (unpaired) electrons. The maximum absolute atomic E-state index is 11.6. The van der Waals surface area contributed by atoms with Crippen molar-refractivity contribution in [1.29, 1.82) is 0 Å². The molecule has 0 aliphatic rings. The molecule has 0 spiro atoms. The molecule has 0 aromatic heterocycles. The van der Waals surface area contributed by atoms with Crippen LogP contribution in [0.2, 0.25) is 5.02 Å². The monoisotopic (exact) mass is 282 g/mol. The third-order valence-electron chi connectivity index (χ3n) is 2.84. The van der Waals surface area contributed by atoms with Crippen molar-refractivity contribution in [1.82, 2.24) is 10.2 Å². The molecule has 0 fully saturated rings. The summed E-state index contributed by atoms with van der Waals surface area (Å²) in [6.07, 6.45) is 0.549. The normalized spacial score (nSPS) is 12.0. The van der Waals surface area contributed by atoms with Gasteiger partial charge in [-0.1, -0.05) is 23.7 Å². The second kappa shape index (κ2) is 7.26. The average molecular weight is 283 g/mol. The highest BCUT2D eigenvalue weighted by molar-refractivity contribution is 6.30. The summed E-state index contributed by atoms with van der Waals surface area (Å²) in [5.41, 5.74) is 1.01. The zero-order chi connectivity index (χ0) is 14.4. The third-order valence-corrected chi connectivity index (χ3v) is 3.09. The van der Waals surface area contributed by atoms with E-state index >= 15 is 0 Å². The SMILES string of the molecule is CC(=O)[C@@H](Cc1ccc(Cl)cc1)NCC(=O)N(C)C. The largest absolute Gasteiger partial charge is 0.348 e. The quantitative estimate of drug-likeness (QED) is 0.861. The van der Waals surface area contributed by atoms with Crippen LogP contribution in [-0.2, 0) is 16.0 Å². The molecule has 1 rings (SSSR count). The summed E-state index contributed by atoms with van der Waals surface area (Å²) in [4.78, 5) is 24.6. The van der Waals surface area contributed by atoms with Crippen molar-refractivity contribution in [3.63, 3.8) is 0 Å². The Bertz CT molecular complexity index is 443. The maximum Gasteiger partial charge on any atom is 0.236 e. The Hall–Kier alpha value is -1.39. The van der Waals surface area contributed by atoms with Crippen LogP contribution in [0.5, 0.6) is 0 Å². The van der Waals surface area contributed by atoms with Crippen molar-refractivity contribution in [3.8, 4) is 0 Å². The van der Waals surface area contributed by atoms with Crippen LogP contribution in [0.15, 0.2) is 24.3 Å². The highest BCUT2D eigenvalue weighted by Gasteiger charge is 2.16. The molecule has 0 saturated carbocycles. The van der Waals surface area contributed by atoms with E-state index in [4.69, 9.17) is 11.6 Å². The molecule has 1 N–H and O–H groups in total. The van der Waals surface area contributed by atoms with Crippen LogP contribution in [0, 0.1) is 0 Å². The van der Waals surface area contributed by atoms with Gasteiger partial charge in [0.2, 0.25) is 5.91 Å². The lowest BCUT2D eigenvalue weighted by molar-refractivity contribution is -0.128. The van der Waals surface area contributed by atoms with Gasteiger partial charge in [-0.15, -0.1) is 0 Å². The number of rotatable bonds is 6. The van der Waals surface area contributed by atoms with Crippen molar-refractivity contribution in [3.05, 3.63) is 34.9 Å². The van der Waals surface area contributed by atoms with Crippen molar-refractivity contribution < 1.29 is 9.59 Å². The number of carbonyl (C=O) groups excluding carboxylic acids is 2. The predicted octanol–water partition coefficient (Wildman–Crippen LogP) is 1.52. The van der Waals surface area contributed by atoms with Crippen LogP contribution < -0.4 is 5.32 Å². The van der Waals surface area contributed by atoms with Gasteiger partial charge >= 0.3 is 0 Å². The number of nitrogens with one attached hydrogen (secondary N) is 1. The second-order valence-corrected chi connectivity index (χ2v) is 5.10. The van der Waals surface area contributed by atoms with Gasteiger partial charge in [-0.25, -0.2) is 0 Å². The van der Waals surface area contributed by atoms with E-state index in [0.717, 1.165) is 5.56 Å². The van der Waals surface area contributed by atoms with E-state index in [0.29, 0.717) is 11.4 Å². The Morgan fingerprint density at radius 3 is 2.32 bits per heavy atom. The molecule has 0 heterocycles. The Morgan fingerprint density at radius 2 is 1.84 bits per heavy atom. The highest BCUT2D eigenvalue weighted by Crippen LogP contribution is 2.11. The summed E-state index contributed by atoms with van der Waals surface area (Å²) in [6.45, 7) is 1.68. The number of hydrogen-bond acceptors (Lipinski definition) is 3. The molecule has 4 nitrogen and oxygen atoms in total. The summed E-state index contributed by atoms with van der Waals surface area (Å²) in [7, 11) is 3.37. The fourth-order valence-corrected chi connectivity index (χ4v) is 1.71. The standard InChI is InChI=1S/C14H19ClN2O2/c1-10(18)13(16-9-14(19)17(2)3)8-11-4-6-12(15)7-5-11/h4-7,13,16H,8-9H2,1-3H3/t13-/m1/s1. The maximum atomic E-state index is 11.6. The molecule has 104 valence electrons. The second-order valence-electron chi connectivity index (χ2n) is 4.66. The van der Waals surface area contributed by atoms with Crippen LogP contribution in [0.4, 0.5) is 0 Å². The van der Waals surface area contributed by atoms with E-state index < -0.39 is 0 Å². The van der Waals surface area contributed by atoms with Crippen molar-refractivity contribution >= 4 is 23.3 Å². The number of likely N-dealkylation sites (N-methyl/N-ethyl adjacent to an activating group) is 1. The van der Waals surface area contributed by atoms with E-state index in [-0.39, 0.29) is 24.3 Å². The number of amides is 1. The Balaban J connectivity index is 2.60. The smallest absolute Gasteiger partial charge is 0.236 e. The van der Waals surface area contributed by atoms with Crippen LogP contribution in [0.3, 0.4) is 0 Å². The van der Waals surface area contributed by atoms with Gasteiger partial charge in [-0.3, -0.25) is 14.9 Å². The Morgan fingerprint density at radius 1 is 1.26 bits per heavy atom. The summed E-state index contributed by atoms with van der Waals surface area (Å²) >= 11 is 5.82. The molecular formula is C14H19ClN2O2. The molecule has 0 saturated heterocycles. The van der Waals surface area contributed by atoms with Gasteiger partial charge in [0.1, 0.15) is 5.78 Å². The minimum Gasteiger partial charge on any atom is -0.348 e. The van der Waals surface area contributed by atoms with Crippen LogP contribution in [0.1, 0.15) is 12.5 Å². The molecule has 1 amide bonds. The van der Waals surface area contributed by atoms with Crippen LogP contribution in [0.25, 0.3) is 0 Å². The molecule has 0 bridgehead atoms. The number of benzene rings is 1. The van der Waals surface area contributed by atoms with Crippen molar-refractivity contribution in [2.45, 2.75) is 19.4 Å². The molecule has 0 aliphatic carbocycles. The first-order valence-electron chi connectivity index (χ1n) is 6.08. The summed E-state index contributed by atoms with van der Waals surface area (Å²) in [5.74, 6) is -0.0381. The fourth-order valence-electron chi connectivity index (χ4n) is 1.58. The Labute approximate surface area is 118 Å². The predicted molar refractivity (Wildman–Crippen MR) is 76.3 cm³/mol. The van der Waals surface area contributed by atoms with Gasteiger partial charge in [-0.05, 0) is 31.0 Å². The van der Waals surface area contributed by atoms with Gasteiger partial charge < -0.3 is 4.90 Å². The zero-order valence-electron chi connectivity index (χ0n) is 11.4. The van der Waals surface area contributed by atoms with Crippen molar-refractivity contribution in [2.75, 3.05) is 20.6 Å². The van der Waals surface area contributed by atoms with Crippen molar-refractivity contribution in [2.24, 2.45) is 0 Å². The number of carbonyl (C=O) groups is 2. The third kappa shape index (κ3) is 5.41. The number of ketones is 1. The van der Waals surface area contributed by atoms with Gasteiger partial charge in [0.15, 0.2) is 0 Å². The molecule has 1 aromatic rings. The molecule has 19 heavy (non-hydrogen) atoms. The zero-order valence-corrected chi connectivity index (χ0v) is 12.2. The molecule has 1 aromatic carbocycles. The number of Topliss-reactive ketones (excluding diaryl/α,β-unsaturated/α-hetero) is 1. The van der Waals surface area contributed by atoms with E-state index in [1.165, 1.54) is 11.8 Å². The Kier molecular flexibility index (Phi) is 5.99. The summed E-state index contributed by atoms with van der Waals surface area (Å²) in [6, 6.07) is 6.99. The molecule has 0 unspecified atom stereocenters. The van der Waals surface area contributed by atoms with Crippen LogP contribution in [-0.4, -0.2) is 43.3 Å². The fraction of sp³-hybridized carbons (Fsp3) is 0.429. The highest BCUT2D eigenvalue weighted by atomic mass is 35.5. The number of hydrogen-bond donors (Lipinski definition) is 1. The van der Waals surface area contributed by atoms with Gasteiger partial charge in [0.05, 0.1) is 12.6 Å². The van der Waals surface area contributed by atoms with Crippen LogP contribution >= 0.6 is 11.6 Å². The molecule has 5 heteroatoms. The first-order valence-corrected chi connectivity index (χ1v) is 6.46. The van der Waals surface area contributed by atoms with E-state index in [9.17, 15) is 9.59 Å². The van der Waals surface area contributed by atoms with Gasteiger partial charge in [0.25, 0.3) is 0 Å². The first-order chi connectivity index (χ1) is 8.90. The summed E-state index contributed by atoms with van der Waals surface area (Å²) in [5, 5.41) is 3.66. The van der Waals surface area contributed by atoms with E-state index in [1.54, 1.807) is 26.2 Å². The first kappa shape index (κ1) is 15.7. The number of nitrogens with zero attached hydrogens (tertiary/aromatic N) is 1. The minimum absolute atomic E-state index is 0.0153. The van der Waals surface area contributed by atoms with Gasteiger partial charge in [0, 0.05) is 19.1 Å².